The van der Waals surface area contributed by atoms with Crippen molar-refractivity contribution in [3.05, 3.63) is 35.7 Å². The third-order valence-electron chi connectivity index (χ3n) is 3.26. The van der Waals surface area contributed by atoms with E-state index in [0.717, 1.165) is 18.5 Å². The number of hydrogen-bond acceptors (Lipinski definition) is 4. The number of ether oxygens (including phenoxy) is 1. The minimum atomic E-state index is -1.04. The molecular weight excluding hydrogens is 258 g/mol. The van der Waals surface area contributed by atoms with Gasteiger partial charge in [-0.15, -0.1) is 5.10 Å². The van der Waals surface area contributed by atoms with Crippen molar-refractivity contribution in [2.24, 2.45) is 0 Å². The summed E-state index contributed by atoms with van der Waals surface area (Å²) in [6.07, 6.45) is 1.95. The molecule has 6 heteroatoms. The molecule has 0 bridgehead atoms. The fraction of sp³-hybridized carbons (Fsp3) is 0.357. The summed E-state index contributed by atoms with van der Waals surface area (Å²) < 4.78 is 7.18. The van der Waals surface area contributed by atoms with Crippen molar-refractivity contribution in [2.75, 3.05) is 6.61 Å². The zero-order valence-corrected chi connectivity index (χ0v) is 11.1. The molecule has 1 heterocycles. The van der Waals surface area contributed by atoms with Crippen LogP contribution < -0.4 is 4.74 Å². The molecule has 2 aromatic rings. The molecule has 20 heavy (non-hydrogen) atoms. The first-order valence-corrected chi connectivity index (χ1v) is 6.63. The number of benzene rings is 1. The van der Waals surface area contributed by atoms with Crippen LogP contribution in [0.1, 0.15) is 41.9 Å². The Morgan fingerprint density at radius 2 is 2.20 bits per heavy atom. The maximum atomic E-state index is 11.3. The highest BCUT2D eigenvalue weighted by molar-refractivity contribution is 5.87. The minimum Gasteiger partial charge on any atom is -0.492 e. The molecule has 0 atom stereocenters. The summed E-state index contributed by atoms with van der Waals surface area (Å²) in [5.74, 6) is -0.128. The first-order chi connectivity index (χ1) is 9.72. The van der Waals surface area contributed by atoms with Gasteiger partial charge in [-0.2, -0.15) is 0 Å². The van der Waals surface area contributed by atoms with E-state index >= 15 is 0 Å². The number of rotatable bonds is 5. The van der Waals surface area contributed by atoms with Crippen LogP contribution in [0.2, 0.25) is 0 Å². The van der Waals surface area contributed by atoms with Gasteiger partial charge in [0.05, 0.1) is 12.3 Å². The van der Waals surface area contributed by atoms with Crippen molar-refractivity contribution in [1.82, 2.24) is 15.0 Å². The van der Waals surface area contributed by atoms with Crippen LogP contribution in [-0.2, 0) is 0 Å². The van der Waals surface area contributed by atoms with E-state index in [9.17, 15) is 9.90 Å². The average Bonchev–Trinajstić information content (AvgIpc) is 3.18. The van der Waals surface area contributed by atoms with Crippen LogP contribution in [0.3, 0.4) is 0 Å². The van der Waals surface area contributed by atoms with Crippen LogP contribution in [0.5, 0.6) is 5.75 Å². The lowest BCUT2D eigenvalue weighted by Gasteiger charge is -2.11. The fourth-order valence-corrected chi connectivity index (χ4v) is 2.25. The van der Waals surface area contributed by atoms with E-state index in [4.69, 9.17) is 4.74 Å². The Morgan fingerprint density at radius 3 is 2.85 bits per heavy atom. The molecule has 3 rings (SSSR count). The zero-order chi connectivity index (χ0) is 14.1. The van der Waals surface area contributed by atoms with E-state index in [1.807, 2.05) is 31.2 Å². The van der Waals surface area contributed by atoms with E-state index in [-0.39, 0.29) is 11.6 Å². The van der Waals surface area contributed by atoms with Gasteiger partial charge in [0.15, 0.2) is 5.69 Å². The van der Waals surface area contributed by atoms with Gasteiger partial charge in [0.1, 0.15) is 11.4 Å². The number of aromatic nitrogens is 3. The monoisotopic (exact) mass is 273 g/mol. The number of carboxylic acids is 1. The summed E-state index contributed by atoms with van der Waals surface area (Å²) in [5.41, 5.74) is 1.44. The quantitative estimate of drug-likeness (QED) is 0.904. The molecular formula is C14H15N3O3. The lowest BCUT2D eigenvalue weighted by atomic mass is 10.2. The molecule has 0 aliphatic heterocycles. The third kappa shape index (κ3) is 2.13. The van der Waals surface area contributed by atoms with Crippen molar-refractivity contribution in [1.29, 1.82) is 0 Å². The van der Waals surface area contributed by atoms with Crippen LogP contribution in [0.25, 0.3) is 5.69 Å². The first-order valence-electron chi connectivity index (χ1n) is 6.63. The zero-order valence-electron chi connectivity index (χ0n) is 11.1. The minimum absolute atomic E-state index is 0.0406. The van der Waals surface area contributed by atoms with E-state index in [1.54, 1.807) is 4.68 Å². The molecule has 1 fully saturated rings. The lowest BCUT2D eigenvalue weighted by Crippen LogP contribution is -2.07. The summed E-state index contributed by atoms with van der Waals surface area (Å²) in [5, 5.41) is 17.1. The number of aromatic carboxylic acids is 1. The highest BCUT2D eigenvalue weighted by Gasteiger charge is 2.34. The van der Waals surface area contributed by atoms with Crippen molar-refractivity contribution in [2.45, 2.75) is 25.7 Å². The summed E-state index contributed by atoms with van der Waals surface area (Å²) in [4.78, 5) is 11.3. The summed E-state index contributed by atoms with van der Waals surface area (Å²) >= 11 is 0. The smallest absolute Gasteiger partial charge is 0.358 e. The Morgan fingerprint density at radius 1 is 1.45 bits per heavy atom. The molecule has 0 radical (unpaired) electrons. The number of hydrogen-bond donors (Lipinski definition) is 1. The predicted molar refractivity (Wildman–Crippen MR) is 71.5 cm³/mol. The van der Waals surface area contributed by atoms with Gasteiger partial charge in [0, 0.05) is 5.92 Å². The van der Waals surface area contributed by atoms with Crippen LogP contribution in [-0.4, -0.2) is 32.7 Å². The number of carboxylic acid groups (broad SMARTS) is 1. The Hall–Kier alpha value is -2.37. The molecule has 1 saturated carbocycles. The summed E-state index contributed by atoms with van der Waals surface area (Å²) in [7, 11) is 0. The number of carbonyl (C=O) groups is 1. The molecule has 0 saturated heterocycles. The standard InChI is InChI=1S/C14H15N3O3/c1-2-20-11-6-4-3-5-10(11)17-13(9-7-8-9)12(14(18)19)15-16-17/h3-6,9H,2,7-8H2,1H3,(H,18,19). The lowest BCUT2D eigenvalue weighted by molar-refractivity contribution is 0.0689. The molecule has 6 nitrogen and oxygen atoms in total. The second kappa shape index (κ2) is 4.96. The van der Waals surface area contributed by atoms with Gasteiger partial charge < -0.3 is 9.84 Å². The van der Waals surface area contributed by atoms with Gasteiger partial charge in [-0.05, 0) is 31.9 Å². The summed E-state index contributed by atoms with van der Waals surface area (Å²) in [6, 6.07) is 7.45. The predicted octanol–water partition coefficient (Wildman–Crippen LogP) is 2.24. The molecule has 1 aromatic carbocycles. The van der Waals surface area contributed by atoms with Crippen molar-refractivity contribution >= 4 is 5.97 Å². The van der Waals surface area contributed by atoms with Crippen LogP contribution in [0.4, 0.5) is 0 Å². The normalized spacial score (nSPS) is 14.2. The Kier molecular flexibility index (Phi) is 3.14. The third-order valence-corrected chi connectivity index (χ3v) is 3.26. The summed E-state index contributed by atoms with van der Waals surface area (Å²) in [6.45, 7) is 2.44. The van der Waals surface area contributed by atoms with Gasteiger partial charge in [0.25, 0.3) is 0 Å². The van der Waals surface area contributed by atoms with Gasteiger partial charge in [-0.1, -0.05) is 17.3 Å². The highest BCUT2D eigenvalue weighted by atomic mass is 16.5. The van der Waals surface area contributed by atoms with Crippen LogP contribution in [0.15, 0.2) is 24.3 Å². The molecule has 0 unspecified atom stereocenters. The fourth-order valence-electron chi connectivity index (χ4n) is 2.25. The van der Waals surface area contributed by atoms with Gasteiger partial charge in [-0.25, -0.2) is 9.48 Å². The first kappa shape index (κ1) is 12.7. The van der Waals surface area contributed by atoms with Crippen molar-refractivity contribution in [3.63, 3.8) is 0 Å². The maximum Gasteiger partial charge on any atom is 0.358 e. The Bertz CT molecular complexity index is 647. The second-order valence-electron chi connectivity index (χ2n) is 4.72. The second-order valence-corrected chi connectivity index (χ2v) is 4.72. The average molecular weight is 273 g/mol. The van der Waals surface area contributed by atoms with E-state index in [0.29, 0.717) is 18.1 Å². The van der Waals surface area contributed by atoms with E-state index < -0.39 is 5.97 Å². The van der Waals surface area contributed by atoms with Gasteiger partial charge in [0.2, 0.25) is 0 Å². The van der Waals surface area contributed by atoms with Crippen LogP contribution in [0, 0.1) is 0 Å². The van der Waals surface area contributed by atoms with Crippen molar-refractivity contribution in [3.8, 4) is 11.4 Å². The largest absolute Gasteiger partial charge is 0.492 e. The van der Waals surface area contributed by atoms with Gasteiger partial charge in [-0.3, -0.25) is 0 Å². The van der Waals surface area contributed by atoms with Crippen LogP contribution >= 0.6 is 0 Å². The van der Waals surface area contributed by atoms with E-state index in [1.165, 1.54) is 0 Å². The topological polar surface area (TPSA) is 77.2 Å². The maximum absolute atomic E-state index is 11.3. The van der Waals surface area contributed by atoms with Crippen molar-refractivity contribution < 1.29 is 14.6 Å². The Balaban J connectivity index is 2.13. The van der Waals surface area contributed by atoms with Gasteiger partial charge >= 0.3 is 5.97 Å². The number of para-hydroxylation sites is 2. The molecule has 1 aromatic heterocycles. The molecule has 1 aliphatic carbocycles. The highest BCUT2D eigenvalue weighted by Crippen LogP contribution is 2.42. The molecule has 0 spiro atoms. The molecule has 1 N–H and O–H groups in total. The molecule has 104 valence electrons. The Labute approximate surface area is 116 Å². The SMILES string of the molecule is CCOc1ccccc1-n1nnc(C(=O)O)c1C1CC1. The number of nitrogens with zero attached hydrogens (tertiary/aromatic N) is 3. The molecule has 1 aliphatic rings. The molecule has 0 amide bonds. The van der Waals surface area contributed by atoms with E-state index in [2.05, 4.69) is 10.3 Å².